The molecular formula is C13H17N3OS. The number of hydrogen-bond donors (Lipinski definition) is 1. The number of likely N-dealkylation sites (tertiary alicyclic amines) is 1. The topological polar surface area (TPSA) is 45.2 Å². The number of carbonyl (C=O) groups excluding carboxylic acids is 1. The highest BCUT2D eigenvalue weighted by Crippen LogP contribution is 2.20. The molecule has 1 fully saturated rings. The maximum absolute atomic E-state index is 12.0. The van der Waals surface area contributed by atoms with Crippen molar-refractivity contribution in [1.82, 2.24) is 9.88 Å². The van der Waals surface area contributed by atoms with E-state index >= 15 is 0 Å². The summed E-state index contributed by atoms with van der Waals surface area (Å²) in [5.74, 6) is 2.82. The first-order valence-corrected chi connectivity index (χ1v) is 6.96. The van der Waals surface area contributed by atoms with Crippen molar-refractivity contribution in [2.24, 2.45) is 5.92 Å². The SMILES string of the molecule is C#CCN1CCC(C(=O)Nc2nc(C)cs2)CC1. The van der Waals surface area contributed by atoms with Crippen LogP contribution in [0.25, 0.3) is 0 Å². The van der Waals surface area contributed by atoms with Crippen LogP contribution in [-0.4, -0.2) is 35.4 Å². The van der Waals surface area contributed by atoms with Gasteiger partial charge in [-0.25, -0.2) is 4.98 Å². The number of thiazole rings is 1. The third-order valence-corrected chi connectivity index (χ3v) is 4.00. The Morgan fingerprint density at radius 2 is 2.39 bits per heavy atom. The molecule has 0 unspecified atom stereocenters. The Morgan fingerprint density at radius 3 is 2.94 bits per heavy atom. The molecule has 2 rings (SSSR count). The monoisotopic (exact) mass is 263 g/mol. The van der Waals surface area contributed by atoms with Crippen LogP contribution in [-0.2, 0) is 4.79 Å². The van der Waals surface area contributed by atoms with Gasteiger partial charge in [-0.15, -0.1) is 17.8 Å². The second-order valence-electron chi connectivity index (χ2n) is 4.54. The minimum atomic E-state index is 0.0863. The van der Waals surface area contributed by atoms with E-state index < -0.39 is 0 Å². The highest BCUT2D eigenvalue weighted by molar-refractivity contribution is 7.13. The highest BCUT2D eigenvalue weighted by Gasteiger charge is 2.24. The lowest BCUT2D eigenvalue weighted by molar-refractivity contribution is -0.121. The van der Waals surface area contributed by atoms with Gasteiger partial charge in [0.1, 0.15) is 0 Å². The standard InChI is InChI=1S/C13H17N3OS/c1-3-6-16-7-4-11(5-8-16)12(17)15-13-14-10(2)9-18-13/h1,9,11H,4-8H2,2H3,(H,14,15,17). The zero-order valence-corrected chi connectivity index (χ0v) is 11.3. The number of terminal acetylenes is 1. The summed E-state index contributed by atoms with van der Waals surface area (Å²) in [4.78, 5) is 18.5. The fourth-order valence-electron chi connectivity index (χ4n) is 2.10. The lowest BCUT2D eigenvalue weighted by Gasteiger charge is -2.29. The number of nitrogens with zero attached hydrogens (tertiary/aromatic N) is 2. The van der Waals surface area contributed by atoms with Crippen molar-refractivity contribution >= 4 is 22.4 Å². The first-order valence-electron chi connectivity index (χ1n) is 6.08. The molecule has 1 saturated heterocycles. The number of piperidine rings is 1. The number of carbonyl (C=O) groups is 1. The predicted octanol–water partition coefficient (Wildman–Crippen LogP) is 1.74. The molecule has 1 amide bonds. The van der Waals surface area contributed by atoms with E-state index in [0.717, 1.165) is 31.6 Å². The van der Waals surface area contributed by atoms with Crippen LogP contribution < -0.4 is 5.32 Å². The Hall–Kier alpha value is -1.38. The van der Waals surface area contributed by atoms with E-state index in [9.17, 15) is 4.79 Å². The summed E-state index contributed by atoms with van der Waals surface area (Å²) in [5, 5.41) is 5.52. The van der Waals surface area contributed by atoms with E-state index in [-0.39, 0.29) is 11.8 Å². The third-order valence-electron chi connectivity index (χ3n) is 3.12. The first kappa shape index (κ1) is 13.1. The molecule has 4 nitrogen and oxygen atoms in total. The lowest BCUT2D eigenvalue weighted by atomic mass is 9.96. The number of hydrogen-bond acceptors (Lipinski definition) is 4. The van der Waals surface area contributed by atoms with Crippen LogP contribution in [0.4, 0.5) is 5.13 Å². The number of amides is 1. The smallest absolute Gasteiger partial charge is 0.229 e. The summed E-state index contributed by atoms with van der Waals surface area (Å²) in [7, 11) is 0. The molecule has 0 aromatic carbocycles. The number of rotatable bonds is 3. The lowest BCUT2D eigenvalue weighted by Crippen LogP contribution is -2.38. The van der Waals surface area contributed by atoms with Crippen molar-refractivity contribution in [2.45, 2.75) is 19.8 Å². The van der Waals surface area contributed by atoms with Gasteiger partial charge in [-0.3, -0.25) is 9.69 Å². The van der Waals surface area contributed by atoms with Gasteiger partial charge in [0.25, 0.3) is 0 Å². The summed E-state index contributed by atoms with van der Waals surface area (Å²) in [6.45, 7) is 4.41. The van der Waals surface area contributed by atoms with Gasteiger partial charge in [-0.2, -0.15) is 0 Å². The van der Waals surface area contributed by atoms with Crippen molar-refractivity contribution < 1.29 is 4.79 Å². The minimum Gasteiger partial charge on any atom is -0.302 e. The quantitative estimate of drug-likeness (QED) is 0.845. The van der Waals surface area contributed by atoms with Crippen molar-refractivity contribution in [2.75, 3.05) is 25.0 Å². The Bertz CT molecular complexity index is 455. The first-order chi connectivity index (χ1) is 8.69. The molecule has 5 heteroatoms. The predicted molar refractivity (Wildman–Crippen MR) is 73.5 cm³/mol. The van der Waals surface area contributed by atoms with Crippen LogP contribution in [0, 0.1) is 25.2 Å². The number of nitrogens with one attached hydrogen (secondary N) is 1. The van der Waals surface area contributed by atoms with Gasteiger partial charge >= 0.3 is 0 Å². The van der Waals surface area contributed by atoms with Gasteiger partial charge in [-0.05, 0) is 32.9 Å². The second-order valence-corrected chi connectivity index (χ2v) is 5.40. The molecule has 1 aliphatic heterocycles. The molecule has 0 radical (unpaired) electrons. The van der Waals surface area contributed by atoms with E-state index in [1.165, 1.54) is 11.3 Å². The Labute approximate surface area is 111 Å². The summed E-state index contributed by atoms with van der Waals surface area (Å²) in [6.07, 6.45) is 7.03. The summed E-state index contributed by atoms with van der Waals surface area (Å²) in [5.41, 5.74) is 0.944. The normalized spacial score (nSPS) is 17.3. The van der Waals surface area contributed by atoms with Crippen LogP contribution in [0.3, 0.4) is 0 Å². The highest BCUT2D eigenvalue weighted by atomic mass is 32.1. The van der Waals surface area contributed by atoms with Gasteiger partial charge in [0.2, 0.25) is 5.91 Å². The molecule has 96 valence electrons. The van der Waals surface area contributed by atoms with Crippen LogP contribution in [0.1, 0.15) is 18.5 Å². The molecule has 2 heterocycles. The summed E-state index contributed by atoms with van der Waals surface area (Å²) < 4.78 is 0. The molecule has 0 spiro atoms. The number of anilines is 1. The molecule has 0 atom stereocenters. The molecule has 18 heavy (non-hydrogen) atoms. The second kappa shape index (κ2) is 5.98. The van der Waals surface area contributed by atoms with E-state index in [0.29, 0.717) is 11.7 Å². The third kappa shape index (κ3) is 3.31. The minimum absolute atomic E-state index is 0.0863. The summed E-state index contributed by atoms with van der Waals surface area (Å²) >= 11 is 1.47. The Kier molecular flexibility index (Phi) is 4.34. The van der Waals surface area contributed by atoms with Crippen LogP contribution in [0.2, 0.25) is 0 Å². The Balaban J connectivity index is 1.83. The maximum atomic E-state index is 12.0. The molecule has 1 aromatic rings. The van der Waals surface area contributed by atoms with Crippen LogP contribution >= 0.6 is 11.3 Å². The van der Waals surface area contributed by atoms with E-state index in [1.807, 2.05) is 12.3 Å². The van der Waals surface area contributed by atoms with Crippen molar-refractivity contribution in [3.8, 4) is 12.3 Å². The van der Waals surface area contributed by atoms with Crippen LogP contribution in [0.5, 0.6) is 0 Å². The number of aryl methyl sites for hydroxylation is 1. The zero-order valence-electron chi connectivity index (χ0n) is 10.5. The average molecular weight is 263 g/mol. The molecule has 0 saturated carbocycles. The van der Waals surface area contributed by atoms with Crippen molar-refractivity contribution in [3.05, 3.63) is 11.1 Å². The van der Waals surface area contributed by atoms with E-state index in [4.69, 9.17) is 6.42 Å². The maximum Gasteiger partial charge on any atom is 0.229 e. The van der Waals surface area contributed by atoms with Gasteiger partial charge in [0.15, 0.2) is 5.13 Å². The fraction of sp³-hybridized carbons (Fsp3) is 0.538. The van der Waals surface area contributed by atoms with E-state index in [2.05, 4.69) is 21.1 Å². The average Bonchev–Trinajstić information content (AvgIpc) is 2.76. The van der Waals surface area contributed by atoms with Crippen molar-refractivity contribution in [3.63, 3.8) is 0 Å². The molecule has 1 N–H and O–H groups in total. The van der Waals surface area contributed by atoms with Crippen LogP contribution in [0.15, 0.2) is 5.38 Å². The number of aromatic nitrogens is 1. The molecule has 1 aromatic heterocycles. The van der Waals surface area contributed by atoms with E-state index in [1.54, 1.807) is 0 Å². The molecule has 0 aliphatic carbocycles. The van der Waals surface area contributed by atoms with Gasteiger partial charge in [-0.1, -0.05) is 5.92 Å². The van der Waals surface area contributed by atoms with Gasteiger partial charge in [0.05, 0.1) is 12.2 Å². The zero-order chi connectivity index (χ0) is 13.0. The van der Waals surface area contributed by atoms with Gasteiger partial charge in [0, 0.05) is 11.3 Å². The summed E-state index contributed by atoms with van der Waals surface area (Å²) in [6, 6.07) is 0. The Morgan fingerprint density at radius 1 is 1.67 bits per heavy atom. The molecule has 1 aliphatic rings. The molecule has 0 bridgehead atoms. The van der Waals surface area contributed by atoms with Crippen molar-refractivity contribution in [1.29, 1.82) is 0 Å². The fourth-order valence-corrected chi connectivity index (χ4v) is 2.79. The molecular weight excluding hydrogens is 246 g/mol. The largest absolute Gasteiger partial charge is 0.302 e. The van der Waals surface area contributed by atoms with Gasteiger partial charge < -0.3 is 5.32 Å².